The van der Waals surface area contributed by atoms with E-state index in [4.69, 9.17) is 11.6 Å². The first kappa shape index (κ1) is 17.4. The number of nitro benzene ring substituents is 1. The highest BCUT2D eigenvalue weighted by atomic mass is 35.5. The fourth-order valence-electron chi connectivity index (χ4n) is 1.99. The molecule has 0 aromatic heterocycles. The lowest BCUT2D eigenvalue weighted by Gasteiger charge is -2.27. The molecule has 0 saturated carbocycles. The van der Waals surface area contributed by atoms with E-state index in [1.54, 1.807) is 25.9 Å². The summed E-state index contributed by atoms with van der Waals surface area (Å²) in [6.45, 7) is 1.85. The molecular formula is C13H18ClN3O4. The predicted octanol–water partition coefficient (Wildman–Crippen LogP) is 1.29. The second kappa shape index (κ2) is 6.84. The number of nitrogens with one attached hydrogen (secondary N) is 1. The summed E-state index contributed by atoms with van der Waals surface area (Å²) in [6.07, 6.45) is 0. The van der Waals surface area contributed by atoms with E-state index in [0.717, 1.165) is 0 Å². The first-order valence-electron chi connectivity index (χ1n) is 6.22. The smallest absolute Gasteiger partial charge is 0.283 e. The quantitative estimate of drug-likeness (QED) is 0.609. The summed E-state index contributed by atoms with van der Waals surface area (Å²) in [5, 5.41) is 23.5. The van der Waals surface area contributed by atoms with Crippen LogP contribution < -0.4 is 5.32 Å². The van der Waals surface area contributed by atoms with Crippen LogP contribution in [0.3, 0.4) is 0 Å². The number of nitro groups is 1. The molecule has 0 radical (unpaired) electrons. The zero-order valence-electron chi connectivity index (χ0n) is 12.1. The molecule has 2 N–H and O–H groups in total. The van der Waals surface area contributed by atoms with Crippen LogP contribution in [-0.2, 0) is 0 Å². The second-order valence-corrected chi connectivity index (χ2v) is 5.72. The van der Waals surface area contributed by atoms with Gasteiger partial charge in [-0.2, -0.15) is 0 Å². The Morgan fingerprint density at radius 1 is 1.52 bits per heavy atom. The van der Waals surface area contributed by atoms with Crippen molar-refractivity contribution < 1.29 is 14.8 Å². The summed E-state index contributed by atoms with van der Waals surface area (Å²) in [5.74, 6) is -0.689. The summed E-state index contributed by atoms with van der Waals surface area (Å²) in [6, 6.07) is 4.01. The molecule has 0 fully saturated rings. The molecule has 0 spiro atoms. The van der Waals surface area contributed by atoms with Gasteiger partial charge in [0.2, 0.25) is 0 Å². The Balaban J connectivity index is 2.88. The van der Waals surface area contributed by atoms with Crippen molar-refractivity contribution in [1.82, 2.24) is 10.2 Å². The predicted molar refractivity (Wildman–Crippen MR) is 79.6 cm³/mol. The summed E-state index contributed by atoms with van der Waals surface area (Å²) < 4.78 is 0. The zero-order chi connectivity index (χ0) is 16.2. The van der Waals surface area contributed by atoms with Crippen LogP contribution in [0.15, 0.2) is 18.2 Å². The van der Waals surface area contributed by atoms with Crippen molar-refractivity contribution >= 4 is 23.2 Å². The van der Waals surface area contributed by atoms with Crippen LogP contribution >= 0.6 is 11.6 Å². The van der Waals surface area contributed by atoms with Crippen LogP contribution in [0, 0.1) is 10.1 Å². The number of hydrogen-bond donors (Lipinski definition) is 2. The zero-order valence-corrected chi connectivity index (χ0v) is 12.8. The lowest BCUT2D eigenvalue weighted by molar-refractivity contribution is -0.385. The summed E-state index contributed by atoms with van der Waals surface area (Å²) in [7, 11) is 3.57. The van der Waals surface area contributed by atoms with Gasteiger partial charge >= 0.3 is 0 Å². The first-order valence-corrected chi connectivity index (χ1v) is 6.60. The molecule has 1 aromatic rings. The molecule has 21 heavy (non-hydrogen) atoms. The second-order valence-electron chi connectivity index (χ2n) is 5.31. The average Bonchev–Trinajstić information content (AvgIpc) is 2.34. The molecule has 1 unspecified atom stereocenters. The number of hydrogen-bond acceptors (Lipinski definition) is 5. The largest absolute Gasteiger partial charge is 0.387 e. The lowest BCUT2D eigenvalue weighted by atomic mass is 10.1. The fraction of sp³-hybridized carbons (Fsp3) is 0.462. The van der Waals surface area contributed by atoms with Crippen LogP contribution in [0.2, 0.25) is 5.02 Å². The van der Waals surface area contributed by atoms with Gasteiger partial charge < -0.3 is 15.3 Å². The van der Waals surface area contributed by atoms with Gasteiger partial charge in [0.05, 0.1) is 15.5 Å². The van der Waals surface area contributed by atoms with Gasteiger partial charge in [0.15, 0.2) is 0 Å². The maximum atomic E-state index is 12.1. The third-order valence-electron chi connectivity index (χ3n) is 2.70. The molecule has 0 heterocycles. The van der Waals surface area contributed by atoms with E-state index in [-0.39, 0.29) is 22.8 Å². The Kier molecular flexibility index (Phi) is 5.65. The molecular weight excluding hydrogens is 298 g/mol. The Labute approximate surface area is 127 Å². The normalized spacial score (nSPS) is 13.8. The van der Waals surface area contributed by atoms with Crippen LogP contribution in [0.4, 0.5) is 5.69 Å². The standard InChI is InChI=1S/C13H18ClN3O4/c1-13(19,8-16(2)3)7-15-12(18)11-9(14)5-4-6-10(11)17(20)21/h4-6,19H,7-8H2,1-3H3,(H,15,18). The molecule has 0 bridgehead atoms. The molecule has 1 atom stereocenters. The topological polar surface area (TPSA) is 95.7 Å². The number of carbonyl (C=O) groups excluding carboxylic acids is 1. The number of likely N-dealkylation sites (N-methyl/N-ethyl adjacent to an activating group) is 1. The highest BCUT2D eigenvalue weighted by Gasteiger charge is 2.26. The summed E-state index contributed by atoms with van der Waals surface area (Å²) >= 11 is 5.87. The van der Waals surface area contributed by atoms with Gasteiger partial charge in [-0.1, -0.05) is 17.7 Å². The van der Waals surface area contributed by atoms with Crippen molar-refractivity contribution in [2.45, 2.75) is 12.5 Å². The molecule has 1 aromatic carbocycles. The van der Waals surface area contributed by atoms with E-state index < -0.39 is 16.4 Å². The lowest BCUT2D eigenvalue weighted by Crippen LogP contribution is -2.47. The van der Waals surface area contributed by atoms with E-state index in [2.05, 4.69) is 5.32 Å². The van der Waals surface area contributed by atoms with E-state index in [0.29, 0.717) is 6.54 Å². The van der Waals surface area contributed by atoms with Crippen molar-refractivity contribution in [2.75, 3.05) is 27.2 Å². The molecule has 0 saturated heterocycles. The van der Waals surface area contributed by atoms with E-state index in [9.17, 15) is 20.0 Å². The van der Waals surface area contributed by atoms with Crippen LogP contribution in [-0.4, -0.2) is 53.6 Å². The number of benzene rings is 1. The molecule has 0 aliphatic rings. The van der Waals surface area contributed by atoms with Gasteiger partial charge in [-0.15, -0.1) is 0 Å². The number of halogens is 1. The summed E-state index contributed by atoms with van der Waals surface area (Å²) in [4.78, 5) is 24.1. The minimum absolute atomic E-state index is 0.00560. The van der Waals surface area contributed by atoms with Crippen LogP contribution in [0.25, 0.3) is 0 Å². The van der Waals surface area contributed by atoms with Crippen LogP contribution in [0.1, 0.15) is 17.3 Å². The maximum absolute atomic E-state index is 12.1. The number of aliphatic hydroxyl groups is 1. The highest BCUT2D eigenvalue weighted by molar-refractivity contribution is 6.34. The highest BCUT2D eigenvalue weighted by Crippen LogP contribution is 2.26. The average molecular weight is 316 g/mol. The minimum Gasteiger partial charge on any atom is -0.387 e. The Morgan fingerprint density at radius 2 is 2.14 bits per heavy atom. The van der Waals surface area contributed by atoms with Crippen molar-refractivity contribution in [3.63, 3.8) is 0 Å². The van der Waals surface area contributed by atoms with E-state index >= 15 is 0 Å². The van der Waals surface area contributed by atoms with Gasteiger partial charge in [-0.05, 0) is 27.1 Å². The molecule has 1 rings (SSSR count). The van der Waals surface area contributed by atoms with E-state index in [1.165, 1.54) is 18.2 Å². The van der Waals surface area contributed by atoms with Gasteiger partial charge in [0, 0.05) is 19.2 Å². The monoisotopic (exact) mass is 315 g/mol. The van der Waals surface area contributed by atoms with Gasteiger partial charge in [0.1, 0.15) is 5.56 Å². The maximum Gasteiger partial charge on any atom is 0.283 e. The summed E-state index contributed by atoms with van der Waals surface area (Å²) in [5.41, 5.74) is -1.73. The molecule has 1 amide bonds. The molecule has 0 aliphatic heterocycles. The van der Waals surface area contributed by atoms with Crippen molar-refractivity contribution in [1.29, 1.82) is 0 Å². The van der Waals surface area contributed by atoms with Gasteiger partial charge in [0.25, 0.3) is 11.6 Å². The Morgan fingerprint density at radius 3 is 2.67 bits per heavy atom. The number of carbonyl (C=O) groups is 1. The number of amides is 1. The van der Waals surface area contributed by atoms with Crippen molar-refractivity contribution in [2.24, 2.45) is 0 Å². The van der Waals surface area contributed by atoms with Crippen molar-refractivity contribution in [3.05, 3.63) is 38.9 Å². The van der Waals surface area contributed by atoms with Crippen LogP contribution in [0.5, 0.6) is 0 Å². The molecule has 8 heteroatoms. The third-order valence-corrected chi connectivity index (χ3v) is 3.02. The third kappa shape index (κ3) is 4.96. The van der Waals surface area contributed by atoms with E-state index in [1.807, 2.05) is 0 Å². The Hall–Kier alpha value is -1.70. The SMILES string of the molecule is CN(C)CC(C)(O)CNC(=O)c1c(Cl)cccc1[N+](=O)[O-]. The molecule has 7 nitrogen and oxygen atoms in total. The van der Waals surface area contributed by atoms with Gasteiger partial charge in [-0.25, -0.2) is 0 Å². The van der Waals surface area contributed by atoms with Gasteiger partial charge in [-0.3, -0.25) is 14.9 Å². The fourth-order valence-corrected chi connectivity index (χ4v) is 2.24. The molecule has 0 aliphatic carbocycles. The number of rotatable bonds is 6. The molecule has 116 valence electrons. The Bertz CT molecular complexity index is 546. The minimum atomic E-state index is -1.16. The van der Waals surface area contributed by atoms with Crippen molar-refractivity contribution in [3.8, 4) is 0 Å². The number of nitrogens with zero attached hydrogens (tertiary/aromatic N) is 2. The first-order chi connectivity index (χ1) is 9.64.